The molecule has 0 unspecified atom stereocenters. The van der Waals surface area contributed by atoms with Crippen molar-refractivity contribution in [1.29, 1.82) is 0 Å². The first-order chi connectivity index (χ1) is 14.5. The van der Waals surface area contributed by atoms with Crippen molar-refractivity contribution in [3.05, 3.63) is 76.3 Å². The Bertz CT molecular complexity index is 1240. The monoisotopic (exact) mass is 469 g/mol. The van der Waals surface area contributed by atoms with Gasteiger partial charge in [-0.3, -0.25) is 9.20 Å². The van der Waals surface area contributed by atoms with E-state index in [4.69, 9.17) is 10.5 Å². The van der Waals surface area contributed by atoms with Gasteiger partial charge in [-0.2, -0.15) is 0 Å². The molecular formula is C21H17BrFN5O2. The minimum absolute atomic E-state index is 0.144. The Morgan fingerprint density at radius 1 is 1.23 bits per heavy atom. The topological polar surface area (TPSA) is 94.5 Å². The average Bonchev–Trinajstić information content (AvgIpc) is 3.10. The number of ether oxygens (including phenoxy) is 1. The number of carbonyl (C=O) groups is 1. The number of nitrogens with two attached hydrogens (primary N) is 1. The lowest BCUT2D eigenvalue weighted by atomic mass is 10.1. The van der Waals surface area contributed by atoms with E-state index in [1.807, 2.05) is 30.3 Å². The fraction of sp³-hybridized carbons (Fsp3) is 0.0952. The summed E-state index contributed by atoms with van der Waals surface area (Å²) in [4.78, 5) is 21.1. The number of nitrogens with one attached hydrogen (secondary N) is 1. The van der Waals surface area contributed by atoms with Crippen molar-refractivity contribution >= 4 is 33.3 Å². The number of benzene rings is 2. The SMILES string of the molecule is COc1ccc(F)cc1C(=O)NCc1ccc(-c2nc(Br)c3ccnc(N)n23)cc1. The van der Waals surface area contributed by atoms with Crippen LogP contribution in [-0.4, -0.2) is 27.4 Å². The highest BCUT2D eigenvalue weighted by Crippen LogP contribution is 2.28. The lowest BCUT2D eigenvalue weighted by Crippen LogP contribution is -2.23. The molecule has 2 aromatic heterocycles. The molecule has 1 amide bonds. The van der Waals surface area contributed by atoms with Gasteiger partial charge in [0.25, 0.3) is 5.91 Å². The van der Waals surface area contributed by atoms with Crippen molar-refractivity contribution in [3.8, 4) is 17.1 Å². The van der Waals surface area contributed by atoms with Crippen molar-refractivity contribution in [2.45, 2.75) is 6.54 Å². The lowest BCUT2D eigenvalue weighted by Gasteiger charge is -2.10. The molecule has 0 atom stereocenters. The predicted molar refractivity (Wildman–Crippen MR) is 115 cm³/mol. The Morgan fingerprint density at radius 2 is 2.00 bits per heavy atom. The summed E-state index contributed by atoms with van der Waals surface area (Å²) >= 11 is 3.44. The zero-order chi connectivity index (χ0) is 21.3. The average molecular weight is 470 g/mol. The highest BCUT2D eigenvalue weighted by atomic mass is 79.9. The largest absolute Gasteiger partial charge is 0.496 e. The summed E-state index contributed by atoms with van der Waals surface area (Å²) in [6.45, 7) is 0.272. The summed E-state index contributed by atoms with van der Waals surface area (Å²) in [5.41, 5.74) is 8.69. The first kappa shape index (κ1) is 19.8. The van der Waals surface area contributed by atoms with E-state index in [0.29, 0.717) is 22.1 Å². The van der Waals surface area contributed by atoms with Crippen LogP contribution in [0.1, 0.15) is 15.9 Å². The van der Waals surface area contributed by atoms with E-state index >= 15 is 0 Å². The Morgan fingerprint density at radius 3 is 2.73 bits per heavy atom. The number of nitrogen functional groups attached to an aromatic ring is 1. The van der Waals surface area contributed by atoms with Crippen molar-refractivity contribution in [2.24, 2.45) is 0 Å². The fourth-order valence-electron chi connectivity index (χ4n) is 3.12. The van der Waals surface area contributed by atoms with Crippen LogP contribution >= 0.6 is 15.9 Å². The lowest BCUT2D eigenvalue weighted by molar-refractivity contribution is 0.0947. The molecule has 4 aromatic rings. The maximum absolute atomic E-state index is 13.5. The van der Waals surface area contributed by atoms with Gasteiger partial charge in [0.05, 0.1) is 18.2 Å². The van der Waals surface area contributed by atoms with Crippen LogP contribution in [0.15, 0.2) is 59.3 Å². The molecule has 2 heterocycles. The van der Waals surface area contributed by atoms with Gasteiger partial charge in [0, 0.05) is 18.3 Å². The Kier molecular flexibility index (Phi) is 5.37. The van der Waals surface area contributed by atoms with Crippen LogP contribution in [-0.2, 0) is 6.54 Å². The van der Waals surface area contributed by atoms with Crippen LogP contribution in [0.2, 0.25) is 0 Å². The van der Waals surface area contributed by atoms with Crippen LogP contribution in [0.4, 0.5) is 10.3 Å². The maximum Gasteiger partial charge on any atom is 0.255 e. The molecule has 0 bridgehead atoms. The molecule has 7 nitrogen and oxygen atoms in total. The molecule has 0 aliphatic carbocycles. The number of methoxy groups -OCH3 is 1. The number of hydrogen-bond donors (Lipinski definition) is 2. The second kappa shape index (κ2) is 8.11. The molecular weight excluding hydrogens is 453 g/mol. The third kappa shape index (κ3) is 3.71. The predicted octanol–water partition coefficient (Wildman–Crippen LogP) is 3.82. The number of fused-ring (bicyclic) bond motifs is 1. The maximum atomic E-state index is 13.5. The van der Waals surface area contributed by atoms with Gasteiger partial charge < -0.3 is 15.8 Å². The highest BCUT2D eigenvalue weighted by Gasteiger charge is 2.15. The van der Waals surface area contributed by atoms with Gasteiger partial charge >= 0.3 is 0 Å². The van der Waals surface area contributed by atoms with Crippen molar-refractivity contribution in [2.75, 3.05) is 12.8 Å². The normalized spacial score (nSPS) is 10.9. The van der Waals surface area contributed by atoms with Gasteiger partial charge in [-0.25, -0.2) is 14.4 Å². The van der Waals surface area contributed by atoms with E-state index in [0.717, 1.165) is 22.7 Å². The van der Waals surface area contributed by atoms with Crippen LogP contribution in [0, 0.1) is 5.82 Å². The number of aromatic nitrogens is 3. The van der Waals surface area contributed by atoms with E-state index in [-0.39, 0.29) is 12.1 Å². The molecule has 0 saturated heterocycles. The molecule has 30 heavy (non-hydrogen) atoms. The van der Waals surface area contributed by atoms with Crippen molar-refractivity contribution < 1.29 is 13.9 Å². The molecule has 152 valence electrons. The van der Waals surface area contributed by atoms with Crippen LogP contribution in [0.5, 0.6) is 5.75 Å². The standard InChI is InChI=1S/C21H17BrFN5O2/c1-30-17-7-6-14(23)10-15(17)20(29)26-11-12-2-4-13(5-3-12)19-27-18(22)16-8-9-25-21(24)28(16)19/h2-10H,11H2,1H3,(H2,24,25)(H,26,29). The summed E-state index contributed by atoms with van der Waals surface area (Å²) in [6.07, 6.45) is 1.63. The molecule has 0 spiro atoms. The molecule has 0 radical (unpaired) electrons. The third-order valence-corrected chi connectivity index (χ3v) is 5.19. The molecule has 0 saturated carbocycles. The van der Waals surface area contributed by atoms with Gasteiger partial charge in [0.1, 0.15) is 22.0 Å². The molecule has 4 rings (SSSR count). The Hall–Kier alpha value is -3.46. The fourth-order valence-corrected chi connectivity index (χ4v) is 3.60. The third-order valence-electron chi connectivity index (χ3n) is 4.61. The van der Waals surface area contributed by atoms with Gasteiger partial charge in [-0.15, -0.1) is 0 Å². The number of amides is 1. The smallest absolute Gasteiger partial charge is 0.255 e. The van der Waals surface area contributed by atoms with Gasteiger partial charge in [-0.1, -0.05) is 24.3 Å². The van der Waals surface area contributed by atoms with E-state index < -0.39 is 11.7 Å². The summed E-state index contributed by atoms with van der Waals surface area (Å²) in [5.74, 6) is 0.380. The molecule has 0 aliphatic heterocycles. The number of carbonyl (C=O) groups excluding carboxylic acids is 1. The molecule has 0 aliphatic rings. The summed E-state index contributed by atoms with van der Waals surface area (Å²) < 4.78 is 21.1. The number of rotatable bonds is 5. The van der Waals surface area contributed by atoms with E-state index in [1.165, 1.54) is 19.2 Å². The van der Waals surface area contributed by atoms with Crippen LogP contribution in [0.3, 0.4) is 0 Å². The second-order valence-electron chi connectivity index (χ2n) is 6.47. The van der Waals surface area contributed by atoms with Gasteiger partial charge in [0.2, 0.25) is 5.95 Å². The van der Waals surface area contributed by atoms with Gasteiger partial charge in [0.15, 0.2) is 0 Å². The minimum atomic E-state index is -0.503. The zero-order valence-electron chi connectivity index (χ0n) is 15.9. The highest BCUT2D eigenvalue weighted by molar-refractivity contribution is 9.10. The number of hydrogen-bond acceptors (Lipinski definition) is 5. The Balaban J connectivity index is 1.53. The van der Waals surface area contributed by atoms with Crippen LogP contribution < -0.4 is 15.8 Å². The number of nitrogens with zero attached hydrogens (tertiary/aromatic N) is 3. The van der Waals surface area contributed by atoms with Crippen molar-refractivity contribution in [3.63, 3.8) is 0 Å². The first-order valence-electron chi connectivity index (χ1n) is 8.97. The van der Waals surface area contributed by atoms with Gasteiger partial charge in [-0.05, 0) is 45.8 Å². The first-order valence-corrected chi connectivity index (χ1v) is 9.76. The summed E-state index contributed by atoms with van der Waals surface area (Å²) in [5, 5.41) is 2.78. The zero-order valence-corrected chi connectivity index (χ0v) is 17.5. The Labute approximate surface area is 179 Å². The van der Waals surface area contributed by atoms with Crippen molar-refractivity contribution in [1.82, 2.24) is 19.7 Å². The summed E-state index contributed by atoms with van der Waals surface area (Å²) in [6, 6.07) is 13.2. The molecule has 0 fully saturated rings. The molecule has 9 heteroatoms. The minimum Gasteiger partial charge on any atom is -0.496 e. The quantitative estimate of drug-likeness (QED) is 0.463. The number of anilines is 1. The number of halogens is 2. The number of imidazole rings is 1. The van der Waals surface area contributed by atoms with E-state index in [2.05, 4.69) is 31.2 Å². The molecule has 2 aromatic carbocycles. The van der Waals surface area contributed by atoms with Crippen LogP contribution in [0.25, 0.3) is 16.9 Å². The van der Waals surface area contributed by atoms with E-state index in [9.17, 15) is 9.18 Å². The van der Waals surface area contributed by atoms with E-state index in [1.54, 1.807) is 10.6 Å². The summed E-state index contributed by atoms with van der Waals surface area (Å²) in [7, 11) is 1.43. The molecule has 3 N–H and O–H groups in total. The second-order valence-corrected chi connectivity index (χ2v) is 7.23.